The molecular weight excluding hydrogens is 359 g/mol. The fourth-order valence-electron chi connectivity index (χ4n) is 3.99. The summed E-state index contributed by atoms with van der Waals surface area (Å²) in [6.45, 7) is 4.55. The number of rotatable bonds is 3. The van der Waals surface area contributed by atoms with Gasteiger partial charge in [-0.15, -0.1) is 0 Å². The van der Waals surface area contributed by atoms with Crippen molar-refractivity contribution < 1.29 is 18.0 Å². The summed E-state index contributed by atoms with van der Waals surface area (Å²) in [6.07, 6.45) is -0.0703. The van der Waals surface area contributed by atoms with E-state index in [0.29, 0.717) is 43.8 Å². The number of pyridine rings is 1. The SMILES string of the molecule is CC(C(=O)N1CC2CN(c3ccc(C(F)(F)F)cn3)CC2C1)n1cccn1. The molecular formula is C18H20F3N5O. The molecule has 2 fully saturated rings. The fourth-order valence-corrected chi connectivity index (χ4v) is 3.99. The molecule has 0 bridgehead atoms. The van der Waals surface area contributed by atoms with Crippen LogP contribution in [0.4, 0.5) is 19.0 Å². The first kappa shape index (κ1) is 17.8. The topological polar surface area (TPSA) is 54.3 Å². The first-order valence-electron chi connectivity index (χ1n) is 8.89. The molecule has 0 aromatic carbocycles. The standard InChI is InChI=1S/C18H20F3N5O/c1-12(26-6-2-5-23-26)17(27)25-10-13-8-24(9-14(13)11-25)16-4-3-15(7-22-16)18(19,20)21/h2-7,12-14H,8-11H2,1H3. The number of hydrogen-bond acceptors (Lipinski definition) is 4. The summed E-state index contributed by atoms with van der Waals surface area (Å²) in [5, 5.41) is 4.13. The van der Waals surface area contributed by atoms with E-state index in [1.807, 2.05) is 16.7 Å². The Morgan fingerprint density at radius 1 is 1.19 bits per heavy atom. The van der Waals surface area contributed by atoms with Crippen molar-refractivity contribution in [1.82, 2.24) is 19.7 Å². The number of anilines is 1. The highest BCUT2D eigenvalue weighted by molar-refractivity contribution is 5.80. The normalized spacial score (nSPS) is 23.6. The summed E-state index contributed by atoms with van der Waals surface area (Å²) < 4.78 is 39.7. The van der Waals surface area contributed by atoms with Gasteiger partial charge in [-0.25, -0.2) is 4.98 Å². The summed E-state index contributed by atoms with van der Waals surface area (Å²) in [5.74, 6) is 1.22. The predicted molar refractivity (Wildman–Crippen MR) is 92.0 cm³/mol. The first-order valence-corrected chi connectivity index (χ1v) is 8.89. The Morgan fingerprint density at radius 3 is 2.41 bits per heavy atom. The first-order chi connectivity index (χ1) is 12.8. The van der Waals surface area contributed by atoms with E-state index in [1.165, 1.54) is 6.07 Å². The van der Waals surface area contributed by atoms with Gasteiger partial charge in [0.05, 0.1) is 5.56 Å². The molecule has 0 aliphatic carbocycles. The lowest BCUT2D eigenvalue weighted by Gasteiger charge is -2.25. The highest BCUT2D eigenvalue weighted by Gasteiger charge is 2.43. The van der Waals surface area contributed by atoms with E-state index in [4.69, 9.17) is 0 Å². The van der Waals surface area contributed by atoms with Crippen molar-refractivity contribution in [2.75, 3.05) is 31.1 Å². The minimum absolute atomic E-state index is 0.0484. The van der Waals surface area contributed by atoms with Gasteiger partial charge in [0.25, 0.3) is 0 Å². The van der Waals surface area contributed by atoms with Crippen LogP contribution in [0.5, 0.6) is 0 Å². The minimum Gasteiger partial charge on any atom is -0.356 e. The van der Waals surface area contributed by atoms with E-state index >= 15 is 0 Å². The number of carbonyl (C=O) groups is 1. The smallest absolute Gasteiger partial charge is 0.356 e. The van der Waals surface area contributed by atoms with Crippen molar-refractivity contribution >= 4 is 11.7 Å². The summed E-state index contributed by atoms with van der Waals surface area (Å²) in [5.41, 5.74) is -0.741. The minimum atomic E-state index is -4.38. The summed E-state index contributed by atoms with van der Waals surface area (Å²) in [6, 6.07) is 3.94. The van der Waals surface area contributed by atoms with E-state index in [1.54, 1.807) is 23.1 Å². The van der Waals surface area contributed by atoms with Crippen LogP contribution in [0, 0.1) is 11.8 Å². The number of alkyl halides is 3. The highest BCUT2D eigenvalue weighted by atomic mass is 19.4. The summed E-state index contributed by atoms with van der Waals surface area (Å²) >= 11 is 0. The molecule has 2 aliphatic heterocycles. The quantitative estimate of drug-likeness (QED) is 0.822. The van der Waals surface area contributed by atoms with Gasteiger partial charge in [-0.3, -0.25) is 9.48 Å². The maximum atomic E-state index is 12.7. The number of halogens is 3. The van der Waals surface area contributed by atoms with Crippen molar-refractivity contribution in [3.63, 3.8) is 0 Å². The lowest BCUT2D eigenvalue weighted by Crippen LogP contribution is -2.37. The van der Waals surface area contributed by atoms with Gasteiger partial charge in [0.15, 0.2) is 0 Å². The Labute approximate surface area is 154 Å². The molecule has 0 spiro atoms. The molecule has 3 unspecified atom stereocenters. The Kier molecular flexibility index (Phi) is 4.32. The van der Waals surface area contributed by atoms with Crippen LogP contribution in [-0.2, 0) is 11.0 Å². The second kappa shape index (κ2) is 6.54. The zero-order valence-corrected chi connectivity index (χ0v) is 14.8. The molecule has 27 heavy (non-hydrogen) atoms. The molecule has 0 N–H and O–H groups in total. The number of amides is 1. The molecule has 4 heterocycles. The molecule has 1 amide bonds. The third kappa shape index (κ3) is 3.38. The van der Waals surface area contributed by atoms with Crippen LogP contribution in [0.25, 0.3) is 0 Å². The second-order valence-electron chi connectivity index (χ2n) is 7.23. The molecule has 6 nitrogen and oxygen atoms in total. The molecule has 144 valence electrons. The lowest BCUT2D eigenvalue weighted by molar-refractivity contribution is -0.137. The third-order valence-electron chi connectivity index (χ3n) is 5.48. The Hall–Kier alpha value is -2.58. The predicted octanol–water partition coefficient (Wildman–Crippen LogP) is 2.45. The Bertz CT molecular complexity index is 791. The number of likely N-dealkylation sites (tertiary alicyclic amines) is 1. The molecule has 2 aromatic heterocycles. The number of aromatic nitrogens is 3. The van der Waals surface area contributed by atoms with E-state index in [-0.39, 0.29) is 11.9 Å². The average molecular weight is 379 g/mol. The van der Waals surface area contributed by atoms with Crippen LogP contribution in [0.3, 0.4) is 0 Å². The number of hydrogen-bond donors (Lipinski definition) is 0. The fraction of sp³-hybridized carbons (Fsp3) is 0.500. The van der Waals surface area contributed by atoms with Crippen molar-refractivity contribution in [3.05, 3.63) is 42.4 Å². The van der Waals surface area contributed by atoms with E-state index in [0.717, 1.165) is 12.3 Å². The van der Waals surface area contributed by atoms with Gasteiger partial charge >= 0.3 is 6.18 Å². The number of carbonyl (C=O) groups excluding carboxylic acids is 1. The maximum Gasteiger partial charge on any atom is 0.417 e. The largest absolute Gasteiger partial charge is 0.417 e. The molecule has 2 saturated heterocycles. The van der Waals surface area contributed by atoms with Crippen LogP contribution >= 0.6 is 0 Å². The van der Waals surface area contributed by atoms with Gasteiger partial charge in [-0.05, 0) is 25.1 Å². The average Bonchev–Trinajstić information content (AvgIpc) is 3.35. The molecule has 9 heteroatoms. The van der Waals surface area contributed by atoms with Crippen LogP contribution in [0.1, 0.15) is 18.5 Å². The Morgan fingerprint density at radius 2 is 1.89 bits per heavy atom. The van der Waals surface area contributed by atoms with Crippen LogP contribution in [-0.4, -0.2) is 51.8 Å². The van der Waals surface area contributed by atoms with E-state index in [9.17, 15) is 18.0 Å². The Balaban J connectivity index is 1.37. The molecule has 3 atom stereocenters. The maximum absolute atomic E-state index is 12.7. The molecule has 2 aromatic rings. The summed E-state index contributed by atoms with van der Waals surface area (Å²) in [4.78, 5) is 20.6. The van der Waals surface area contributed by atoms with E-state index < -0.39 is 11.7 Å². The van der Waals surface area contributed by atoms with Crippen molar-refractivity contribution in [2.24, 2.45) is 11.8 Å². The molecule has 0 radical (unpaired) electrons. The third-order valence-corrected chi connectivity index (χ3v) is 5.48. The van der Waals surface area contributed by atoms with Gasteiger partial charge in [0, 0.05) is 56.6 Å². The monoisotopic (exact) mass is 379 g/mol. The van der Waals surface area contributed by atoms with Gasteiger partial charge in [0.2, 0.25) is 5.91 Å². The molecule has 2 aliphatic rings. The van der Waals surface area contributed by atoms with E-state index in [2.05, 4.69) is 10.1 Å². The highest BCUT2D eigenvalue weighted by Crippen LogP contribution is 2.35. The zero-order chi connectivity index (χ0) is 19.2. The second-order valence-corrected chi connectivity index (χ2v) is 7.23. The van der Waals surface area contributed by atoms with Gasteiger partial charge < -0.3 is 9.80 Å². The van der Waals surface area contributed by atoms with Crippen molar-refractivity contribution in [1.29, 1.82) is 0 Å². The van der Waals surface area contributed by atoms with Gasteiger partial charge in [0.1, 0.15) is 11.9 Å². The zero-order valence-electron chi connectivity index (χ0n) is 14.8. The van der Waals surface area contributed by atoms with Gasteiger partial charge in [-0.2, -0.15) is 18.3 Å². The number of fused-ring (bicyclic) bond motifs is 1. The lowest BCUT2D eigenvalue weighted by atomic mass is 10.0. The summed E-state index contributed by atoms with van der Waals surface area (Å²) in [7, 11) is 0. The van der Waals surface area contributed by atoms with Crippen molar-refractivity contribution in [2.45, 2.75) is 19.1 Å². The van der Waals surface area contributed by atoms with Gasteiger partial charge in [-0.1, -0.05) is 0 Å². The molecule has 4 rings (SSSR count). The van der Waals surface area contributed by atoms with Crippen LogP contribution < -0.4 is 4.90 Å². The van der Waals surface area contributed by atoms with Crippen molar-refractivity contribution in [3.8, 4) is 0 Å². The van der Waals surface area contributed by atoms with Crippen LogP contribution in [0.2, 0.25) is 0 Å². The van der Waals surface area contributed by atoms with Crippen LogP contribution in [0.15, 0.2) is 36.8 Å². The molecule has 0 saturated carbocycles. The number of nitrogens with zero attached hydrogens (tertiary/aromatic N) is 5.